The number of hydrogen-bond acceptors (Lipinski definition) is 4. The number of nitrogens with two attached hydrogens (primary N) is 1. The van der Waals surface area contributed by atoms with Crippen LogP contribution in [-0.2, 0) is 13.1 Å². The van der Waals surface area contributed by atoms with Crippen LogP contribution in [0.15, 0.2) is 42.1 Å². The molecule has 2 amide bonds. The molecule has 8 heteroatoms. The summed E-state index contributed by atoms with van der Waals surface area (Å²) in [7, 11) is 0. The molecule has 2 aromatic rings. The number of fused-ring (bicyclic) bond motifs is 1. The predicted octanol–water partition coefficient (Wildman–Crippen LogP) is 3.51. The highest BCUT2D eigenvalue weighted by Crippen LogP contribution is 2.35. The number of aromatic nitrogens is 2. The molecule has 126 valence electrons. The average Bonchev–Trinajstić information content (AvgIpc) is 2.94. The van der Waals surface area contributed by atoms with E-state index >= 15 is 0 Å². The topological polar surface area (TPSA) is 84.1 Å². The molecule has 0 bridgehead atoms. The van der Waals surface area contributed by atoms with Gasteiger partial charge in [-0.25, -0.2) is 14.8 Å². The Labute approximate surface area is 154 Å². The van der Waals surface area contributed by atoms with Crippen LogP contribution in [0.5, 0.6) is 0 Å². The van der Waals surface area contributed by atoms with Gasteiger partial charge in [0.25, 0.3) is 0 Å². The first-order valence-corrected chi connectivity index (χ1v) is 8.32. The molecule has 0 unspecified atom stereocenters. The van der Waals surface area contributed by atoms with Gasteiger partial charge in [0.05, 0.1) is 29.5 Å². The second kappa shape index (κ2) is 6.06. The van der Waals surface area contributed by atoms with Gasteiger partial charge in [0, 0.05) is 21.8 Å². The summed E-state index contributed by atoms with van der Waals surface area (Å²) >= 11 is 12.3. The van der Waals surface area contributed by atoms with Crippen LogP contribution in [0.25, 0.3) is 11.3 Å². The number of allylic oxidation sites excluding steroid dienone is 3. The van der Waals surface area contributed by atoms with Crippen molar-refractivity contribution in [3.05, 3.63) is 63.4 Å². The molecular weight excluding hydrogens is 361 g/mol. The highest BCUT2D eigenvalue weighted by Gasteiger charge is 2.29. The molecule has 0 atom stereocenters. The summed E-state index contributed by atoms with van der Waals surface area (Å²) in [6, 6.07) is 4.99. The fourth-order valence-corrected chi connectivity index (χ4v) is 3.30. The molecule has 1 aromatic heterocycles. The van der Waals surface area contributed by atoms with Gasteiger partial charge in [0.2, 0.25) is 5.95 Å². The van der Waals surface area contributed by atoms with Crippen molar-refractivity contribution in [2.45, 2.75) is 13.1 Å². The van der Waals surface area contributed by atoms with E-state index in [2.05, 4.69) is 15.3 Å². The molecule has 1 aliphatic carbocycles. The lowest BCUT2D eigenvalue weighted by Gasteiger charge is -2.18. The SMILES string of the molecule is Nc1nc2c(c(-c3ccc(Cl)cc3Cl)n1)CN(C(=O)NC1=CC=C1)C2. The summed E-state index contributed by atoms with van der Waals surface area (Å²) in [6.07, 6.45) is 5.52. The molecule has 0 saturated carbocycles. The zero-order valence-corrected chi connectivity index (χ0v) is 14.5. The zero-order valence-electron chi connectivity index (χ0n) is 13.0. The molecule has 0 radical (unpaired) electrons. The van der Waals surface area contributed by atoms with E-state index < -0.39 is 0 Å². The van der Waals surface area contributed by atoms with Gasteiger partial charge in [-0.05, 0) is 30.4 Å². The Kier molecular flexibility index (Phi) is 3.86. The van der Waals surface area contributed by atoms with Crippen LogP contribution in [0.4, 0.5) is 10.7 Å². The maximum absolute atomic E-state index is 12.4. The Morgan fingerprint density at radius 1 is 1.24 bits per heavy atom. The van der Waals surface area contributed by atoms with Crippen LogP contribution in [-0.4, -0.2) is 20.9 Å². The molecule has 1 aromatic carbocycles. The van der Waals surface area contributed by atoms with E-state index in [0.717, 1.165) is 17.0 Å². The Morgan fingerprint density at radius 2 is 2.04 bits per heavy atom. The Hall–Kier alpha value is -2.57. The summed E-state index contributed by atoms with van der Waals surface area (Å²) < 4.78 is 0. The number of rotatable bonds is 2. The first-order valence-electron chi connectivity index (χ1n) is 7.56. The fourth-order valence-electron chi connectivity index (χ4n) is 2.80. The molecular formula is C17H13Cl2N5O. The second-order valence-corrected chi connectivity index (χ2v) is 6.59. The quantitative estimate of drug-likeness (QED) is 0.843. The van der Waals surface area contributed by atoms with Gasteiger partial charge in [0.1, 0.15) is 0 Å². The van der Waals surface area contributed by atoms with E-state index in [-0.39, 0.29) is 12.0 Å². The van der Waals surface area contributed by atoms with E-state index in [9.17, 15) is 4.79 Å². The zero-order chi connectivity index (χ0) is 17.6. The monoisotopic (exact) mass is 373 g/mol. The molecule has 4 rings (SSSR count). The highest BCUT2D eigenvalue weighted by atomic mass is 35.5. The number of nitrogens with one attached hydrogen (secondary N) is 1. The van der Waals surface area contributed by atoms with Gasteiger partial charge >= 0.3 is 6.03 Å². The number of carbonyl (C=O) groups is 1. The third-order valence-electron chi connectivity index (χ3n) is 4.08. The van der Waals surface area contributed by atoms with Crippen LogP contribution >= 0.6 is 23.2 Å². The number of halogens is 2. The Morgan fingerprint density at radius 3 is 2.72 bits per heavy atom. The summed E-state index contributed by atoms with van der Waals surface area (Å²) in [5, 5.41) is 3.83. The third-order valence-corrected chi connectivity index (χ3v) is 4.62. The highest BCUT2D eigenvalue weighted by molar-refractivity contribution is 6.36. The van der Waals surface area contributed by atoms with E-state index in [1.54, 1.807) is 23.1 Å². The number of carbonyl (C=O) groups excluding carboxylic acids is 1. The molecule has 6 nitrogen and oxygen atoms in total. The molecule has 0 spiro atoms. The minimum Gasteiger partial charge on any atom is -0.368 e. The standard InChI is InChI=1S/C17H13Cl2N5O/c18-9-4-5-11(13(19)6-9)15-12-7-24(8-14(12)22-16(20)23-15)17(25)21-10-2-1-3-10/h1-6H,7-8H2,(H,21,25)(H2,20,22,23). The molecule has 0 fully saturated rings. The number of nitrogens with zero attached hydrogens (tertiary/aromatic N) is 3. The summed E-state index contributed by atoms with van der Waals surface area (Å²) in [6.45, 7) is 0.746. The van der Waals surface area contributed by atoms with Crippen LogP contribution < -0.4 is 11.1 Å². The van der Waals surface area contributed by atoms with Crippen molar-refractivity contribution >= 4 is 35.2 Å². The normalized spacial score (nSPS) is 14.8. The van der Waals surface area contributed by atoms with E-state index in [1.807, 2.05) is 18.2 Å². The third kappa shape index (κ3) is 2.94. The maximum atomic E-state index is 12.4. The smallest absolute Gasteiger partial charge is 0.322 e. The van der Waals surface area contributed by atoms with Gasteiger partial charge < -0.3 is 16.0 Å². The first kappa shape index (κ1) is 15.9. The number of hydrogen-bond donors (Lipinski definition) is 2. The van der Waals surface area contributed by atoms with Crippen molar-refractivity contribution in [1.82, 2.24) is 20.2 Å². The van der Waals surface area contributed by atoms with Gasteiger partial charge in [-0.3, -0.25) is 0 Å². The summed E-state index contributed by atoms with van der Waals surface area (Å²) in [5.74, 6) is 0.145. The largest absolute Gasteiger partial charge is 0.368 e. The van der Waals surface area contributed by atoms with Crippen LogP contribution in [0.1, 0.15) is 11.3 Å². The van der Waals surface area contributed by atoms with Crippen molar-refractivity contribution in [3.8, 4) is 11.3 Å². The van der Waals surface area contributed by atoms with Crippen molar-refractivity contribution in [3.63, 3.8) is 0 Å². The van der Waals surface area contributed by atoms with Crippen molar-refractivity contribution in [2.75, 3.05) is 5.73 Å². The molecule has 2 aliphatic rings. The van der Waals surface area contributed by atoms with Crippen LogP contribution in [0.3, 0.4) is 0 Å². The van der Waals surface area contributed by atoms with Crippen molar-refractivity contribution in [2.24, 2.45) is 0 Å². The van der Waals surface area contributed by atoms with Crippen molar-refractivity contribution < 1.29 is 4.79 Å². The number of anilines is 1. The van der Waals surface area contributed by atoms with Crippen LogP contribution in [0, 0.1) is 0 Å². The Bertz CT molecular complexity index is 954. The predicted molar refractivity (Wildman–Crippen MR) is 96.9 cm³/mol. The lowest BCUT2D eigenvalue weighted by atomic mass is 10.1. The van der Waals surface area contributed by atoms with Crippen molar-refractivity contribution in [1.29, 1.82) is 0 Å². The van der Waals surface area contributed by atoms with Gasteiger partial charge in [-0.2, -0.15) is 0 Å². The maximum Gasteiger partial charge on any atom is 0.322 e. The second-order valence-electron chi connectivity index (χ2n) is 5.75. The number of nitrogen functional groups attached to an aromatic ring is 1. The first-order chi connectivity index (χ1) is 12.0. The summed E-state index contributed by atoms with van der Waals surface area (Å²) in [5.41, 5.74) is 9.54. The van der Waals surface area contributed by atoms with Gasteiger partial charge in [0.15, 0.2) is 0 Å². The van der Waals surface area contributed by atoms with E-state index in [0.29, 0.717) is 34.4 Å². The Balaban J connectivity index is 1.68. The average molecular weight is 374 g/mol. The number of amides is 2. The minimum atomic E-state index is -0.194. The number of urea groups is 1. The molecule has 25 heavy (non-hydrogen) atoms. The minimum absolute atomic E-state index is 0.145. The lowest BCUT2D eigenvalue weighted by Crippen LogP contribution is -2.36. The molecule has 0 saturated heterocycles. The fraction of sp³-hybridized carbons (Fsp3) is 0.118. The lowest BCUT2D eigenvalue weighted by molar-refractivity contribution is 0.201. The molecule has 2 heterocycles. The molecule has 3 N–H and O–H groups in total. The summed E-state index contributed by atoms with van der Waals surface area (Å²) in [4.78, 5) is 22.7. The van der Waals surface area contributed by atoms with Gasteiger partial charge in [-0.15, -0.1) is 0 Å². The number of benzene rings is 1. The van der Waals surface area contributed by atoms with E-state index in [1.165, 1.54) is 0 Å². The van der Waals surface area contributed by atoms with Gasteiger partial charge in [-0.1, -0.05) is 29.3 Å². The van der Waals surface area contributed by atoms with E-state index in [4.69, 9.17) is 28.9 Å². The van der Waals surface area contributed by atoms with Crippen LogP contribution in [0.2, 0.25) is 10.0 Å². The molecule has 1 aliphatic heterocycles.